The first-order chi connectivity index (χ1) is 9.16. The largest absolute Gasteiger partial charge is 0.397 e. The van der Waals surface area contributed by atoms with Crippen LogP contribution in [0.3, 0.4) is 0 Å². The number of hydrogen-bond donors (Lipinski definition) is 1. The average Bonchev–Trinajstić information content (AvgIpc) is 2.41. The number of nitrogens with two attached hydrogens (primary N) is 1. The van der Waals surface area contributed by atoms with Crippen LogP contribution in [0.4, 0.5) is 5.69 Å². The number of nitrogens with zero attached hydrogens (tertiary/aromatic N) is 1. The monoisotopic (exact) mass is 258 g/mol. The molecule has 2 rings (SSSR count). The topological polar surface area (TPSA) is 57.2 Å². The van der Waals surface area contributed by atoms with E-state index in [2.05, 4.69) is 0 Å². The molecule has 2 N–H and O–H groups in total. The third-order valence-corrected chi connectivity index (χ3v) is 2.96. The Hall–Kier alpha value is -2.07. The summed E-state index contributed by atoms with van der Waals surface area (Å²) in [6.07, 6.45) is 1.67. The number of benzene rings is 1. The van der Waals surface area contributed by atoms with Gasteiger partial charge in [-0.3, -0.25) is 4.79 Å². The van der Waals surface area contributed by atoms with Crippen LogP contribution >= 0.6 is 0 Å². The molecule has 0 radical (unpaired) electrons. The van der Waals surface area contributed by atoms with Gasteiger partial charge < -0.3 is 15.0 Å². The molecule has 0 saturated carbocycles. The van der Waals surface area contributed by atoms with Crippen molar-refractivity contribution in [2.75, 3.05) is 12.3 Å². The zero-order valence-corrected chi connectivity index (χ0v) is 11.0. The van der Waals surface area contributed by atoms with Crippen LogP contribution in [-0.2, 0) is 17.9 Å². The highest BCUT2D eigenvalue weighted by Crippen LogP contribution is 2.05. The van der Waals surface area contributed by atoms with Gasteiger partial charge in [0.05, 0.1) is 18.9 Å². The van der Waals surface area contributed by atoms with Crippen molar-refractivity contribution in [1.29, 1.82) is 0 Å². The average molecular weight is 258 g/mol. The molecule has 0 unspecified atom stereocenters. The van der Waals surface area contributed by atoms with Gasteiger partial charge >= 0.3 is 0 Å². The van der Waals surface area contributed by atoms with Gasteiger partial charge in [0.15, 0.2) is 0 Å². The lowest BCUT2D eigenvalue weighted by Gasteiger charge is -2.09. The molecular weight excluding hydrogens is 240 g/mol. The Balaban J connectivity index is 1.86. The van der Waals surface area contributed by atoms with E-state index in [1.54, 1.807) is 16.8 Å². The summed E-state index contributed by atoms with van der Waals surface area (Å²) in [6, 6.07) is 11.5. The maximum absolute atomic E-state index is 11.7. The first-order valence-electron chi connectivity index (χ1n) is 6.25. The third kappa shape index (κ3) is 3.69. The Labute approximate surface area is 112 Å². The predicted molar refractivity (Wildman–Crippen MR) is 75.9 cm³/mol. The summed E-state index contributed by atoms with van der Waals surface area (Å²) in [5.74, 6) is 0. The highest BCUT2D eigenvalue weighted by molar-refractivity contribution is 5.42. The van der Waals surface area contributed by atoms with Crippen LogP contribution in [0.5, 0.6) is 0 Å². The van der Waals surface area contributed by atoms with E-state index in [1.807, 2.05) is 37.3 Å². The summed E-state index contributed by atoms with van der Waals surface area (Å²) in [7, 11) is 0. The van der Waals surface area contributed by atoms with Crippen molar-refractivity contribution in [1.82, 2.24) is 4.57 Å². The Morgan fingerprint density at radius 3 is 2.74 bits per heavy atom. The van der Waals surface area contributed by atoms with Gasteiger partial charge in [-0.15, -0.1) is 0 Å². The lowest BCUT2D eigenvalue weighted by Crippen LogP contribution is -2.22. The van der Waals surface area contributed by atoms with Crippen molar-refractivity contribution in [3.05, 3.63) is 64.1 Å². The number of aromatic nitrogens is 1. The Bertz CT molecular complexity index is 591. The quantitative estimate of drug-likeness (QED) is 0.834. The van der Waals surface area contributed by atoms with Crippen LogP contribution in [0.15, 0.2) is 47.4 Å². The fourth-order valence-electron chi connectivity index (χ4n) is 1.79. The molecule has 1 aromatic heterocycles. The molecule has 0 aliphatic rings. The summed E-state index contributed by atoms with van der Waals surface area (Å²) < 4.78 is 7.12. The van der Waals surface area contributed by atoms with Gasteiger partial charge in [0.25, 0.3) is 5.56 Å². The summed E-state index contributed by atoms with van der Waals surface area (Å²) in [6.45, 7) is 3.37. The maximum Gasteiger partial charge on any atom is 0.250 e. The van der Waals surface area contributed by atoms with Crippen LogP contribution in [-0.4, -0.2) is 11.2 Å². The molecule has 0 aliphatic heterocycles. The molecular formula is C15H18N2O2. The van der Waals surface area contributed by atoms with Gasteiger partial charge in [-0.25, -0.2) is 0 Å². The molecule has 0 atom stereocenters. The van der Waals surface area contributed by atoms with Gasteiger partial charge in [-0.1, -0.05) is 30.3 Å². The number of nitrogen functional groups attached to an aromatic ring is 1. The van der Waals surface area contributed by atoms with Crippen LogP contribution in [0.2, 0.25) is 0 Å². The van der Waals surface area contributed by atoms with Crippen molar-refractivity contribution in [2.24, 2.45) is 0 Å². The SMILES string of the molecule is Cc1cc(=O)n(CCOCc2ccccc2)cc1N. The Morgan fingerprint density at radius 2 is 2.00 bits per heavy atom. The fraction of sp³-hybridized carbons (Fsp3) is 0.267. The summed E-state index contributed by atoms with van der Waals surface area (Å²) in [5.41, 5.74) is 8.30. The molecule has 0 bridgehead atoms. The molecule has 4 nitrogen and oxygen atoms in total. The van der Waals surface area contributed by atoms with Gasteiger partial charge in [-0.05, 0) is 18.1 Å². The third-order valence-electron chi connectivity index (χ3n) is 2.96. The molecule has 4 heteroatoms. The predicted octanol–water partition coefficient (Wildman–Crippen LogP) is 1.96. The van der Waals surface area contributed by atoms with E-state index in [9.17, 15) is 4.79 Å². The molecule has 0 aliphatic carbocycles. The second-order valence-electron chi connectivity index (χ2n) is 4.48. The molecule has 0 saturated heterocycles. The summed E-state index contributed by atoms with van der Waals surface area (Å²) >= 11 is 0. The number of ether oxygens (including phenoxy) is 1. The van der Waals surface area contributed by atoms with E-state index in [0.717, 1.165) is 11.1 Å². The molecule has 1 aromatic carbocycles. The molecule has 0 spiro atoms. The van der Waals surface area contributed by atoms with E-state index >= 15 is 0 Å². The number of pyridine rings is 1. The molecule has 0 fully saturated rings. The van der Waals surface area contributed by atoms with Crippen LogP contribution in [0.1, 0.15) is 11.1 Å². The maximum atomic E-state index is 11.7. The lowest BCUT2D eigenvalue weighted by atomic mass is 10.2. The van der Waals surface area contributed by atoms with Gasteiger partial charge in [-0.2, -0.15) is 0 Å². The van der Waals surface area contributed by atoms with E-state index in [-0.39, 0.29) is 5.56 Å². The van der Waals surface area contributed by atoms with E-state index < -0.39 is 0 Å². The second kappa shape index (κ2) is 6.20. The Morgan fingerprint density at radius 1 is 1.26 bits per heavy atom. The van der Waals surface area contributed by atoms with Crippen molar-refractivity contribution < 1.29 is 4.74 Å². The Kier molecular flexibility index (Phi) is 4.36. The van der Waals surface area contributed by atoms with Crippen LogP contribution in [0, 0.1) is 6.92 Å². The lowest BCUT2D eigenvalue weighted by molar-refractivity contribution is 0.112. The smallest absolute Gasteiger partial charge is 0.250 e. The highest BCUT2D eigenvalue weighted by atomic mass is 16.5. The normalized spacial score (nSPS) is 10.6. The van der Waals surface area contributed by atoms with E-state index in [0.29, 0.717) is 25.4 Å². The standard InChI is InChI=1S/C15H18N2O2/c1-12-9-15(18)17(10-14(12)16)7-8-19-11-13-5-3-2-4-6-13/h2-6,9-10H,7-8,11,16H2,1H3. The number of aryl methyl sites for hydroxylation is 1. The number of rotatable bonds is 5. The molecule has 1 heterocycles. The molecule has 0 amide bonds. The van der Waals surface area contributed by atoms with Crippen molar-refractivity contribution in [2.45, 2.75) is 20.1 Å². The summed E-state index contributed by atoms with van der Waals surface area (Å²) in [4.78, 5) is 11.7. The van der Waals surface area contributed by atoms with Gasteiger partial charge in [0.2, 0.25) is 0 Å². The molecule has 100 valence electrons. The van der Waals surface area contributed by atoms with Crippen molar-refractivity contribution >= 4 is 5.69 Å². The minimum atomic E-state index is -0.0463. The number of anilines is 1. The summed E-state index contributed by atoms with van der Waals surface area (Å²) in [5, 5.41) is 0. The van der Waals surface area contributed by atoms with Crippen molar-refractivity contribution in [3.8, 4) is 0 Å². The van der Waals surface area contributed by atoms with E-state index in [1.165, 1.54) is 0 Å². The zero-order chi connectivity index (χ0) is 13.7. The second-order valence-corrected chi connectivity index (χ2v) is 4.48. The van der Waals surface area contributed by atoms with E-state index in [4.69, 9.17) is 10.5 Å². The zero-order valence-electron chi connectivity index (χ0n) is 11.0. The van der Waals surface area contributed by atoms with Crippen LogP contribution in [0.25, 0.3) is 0 Å². The first-order valence-corrected chi connectivity index (χ1v) is 6.25. The molecule has 19 heavy (non-hydrogen) atoms. The molecule has 2 aromatic rings. The fourth-order valence-corrected chi connectivity index (χ4v) is 1.79. The first kappa shape index (κ1) is 13.4. The van der Waals surface area contributed by atoms with Crippen molar-refractivity contribution in [3.63, 3.8) is 0 Å². The van der Waals surface area contributed by atoms with Gasteiger partial charge in [0, 0.05) is 18.8 Å². The minimum Gasteiger partial charge on any atom is -0.397 e. The highest BCUT2D eigenvalue weighted by Gasteiger charge is 2.00. The van der Waals surface area contributed by atoms with Gasteiger partial charge in [0.1, 0.15) is 0 Å². The number of hydrogen-bond acceptors (Lipinski definition) is 3. The van der Waals surface area contributed by atoms with Crippen LogP contribution < -0.4 is 11.3 Å². The minimum absolute atomic E-state index is 0.0463.